The molecule has 1 aliphatic rings. The van der Waals surface area contributed by atoms with Gasteiger partial charge in [0.05, 0.1) is 5.02 Å². The smallest absolute Gasteiger partial charge is 0.138 e. The zero-order valence-corrected chi connectivity index (χ0v) is 12.7. The Bertz CT molecular complexity index is 432. The summed E-state index contributed by atoms with van der Waals surface area (Å²) in [4.78, 5) is 4.80. The van der Waals surface area contributed by atoms with Crippen molar-refractivity contribution in [2.24, 2.45) is 0 Å². The second kappa shape index (κ2) is 6.80. The molecular formula is C14H20Cl2N2O. The van der Waals surface area contributed by atoms with Gasteiger partial charge in [-0.25, -0.2) is 0 Å². The highest BCUT2D eigenvalue weighted by Crippen LogP contribution is 2.32. The first kappa shape index (κ1) is 14.9. The highest BCUT2D eigenvalue weighted by Gasteiger charge is 2.18. The summed E-state index contributed by atoms with van der Waals surface area (Å²) < 4.78 is 0. The summed E-state index contributed by atoms with van der Waals surface area (Å²) in [6, 6.07) is 3.36. The van der Waals surface area contributed by atoms with Crippen molar-refractivity contribution in [3.63, 3.8) is 0 Å². The molecule has 0 bridgehead atoms. The van der Waals surface area contributed by atoms with Crippen LogP contribution in [0.1, 0.15) is 18.9 Å². The maximum Gasteiger partial charge on any atom is 0.138 e. The molecule has 106 valence electrons. The molecule has 0 amide bonds. The Morgan fingerprint density at radius 2 is 1.74 bits per heavy atom. The fraction of sp³-hybridized carbons (Fsp3) is 0.571. The molecule has 1 aliphatic heterocycles. The lowest BCUT2D eigenvalue weighted by atomic mass is 10.1. The van der Waals surface area contributed by atoms with Crippen molar-refractivity contribution in [2.45, 2.75) is 19.9 Å². The molecule has 0 saturated carbocycles. The number of rotatable bonds is 4. The maximum atomic E-state index is 9.96. The molecule has 2 rings (SSSR count). The van der Waals surface area contributed by atoms with E-state index in [4.69, 9.17) is 23.2 Å². The molecule has 1 saturated heterocycles. The molecule has 1 N–H and O–H groups in total. The van der Waals surface area contributed by atoms with Crippen molar-refractivity contribution in [3.05, 3.63) is 27.7 Å². The zero-order chi connectivity index (χ0) is 13.8. The Morgan fingerprint density at radius 3 is 2.37 bits per heavy atom. The van der Waals surface area contributed by atoms with Crippen LogP contribution in [0.15, 0.2) is 12.1 Å². The van der Waals surface area contributed by atoms with Gasteiger partial charge >= 0.3 is 0 Å². The summed E-state index contributed by atoms with van der Waals surface area (Å²) in [6.07, 6.45) is 1.20. The van der Waals surface area contributed by atoms with Gasteiger partial charge in [0, 0.05) is 43.3 Å². The summed E-state index contributed by atoms with van der Waals surface area (Å²) in [6.45, 7) is 8.28. The molecule has 1 aromatic carbocycles. The fourth-order valence-corrected chi connectivity index (χ4v) is 3.00. The van der Waals surface area contributed by atoms with Crippen LogP contribution in [0.4, 0.5) is 0 Å². The molecule has 19 heavy (non-hydrogen) atoms. The van der Waals surface area contributed by atoms with E-state index in [9.17, 15) is 5.11 Å². The highest BCUT2D eigenvalue weighted by molar-refractivity contribution is 6.35. The lowest BCUT2D eigenvalue weighted by molar-refractivity contribution is 0.126. The van der Waals surface area contributed by atoms with Gasteiger partial charge in [-0.05, 0) is 25.1 Å². The predicted molar refractivity (Wildman–Crippen MR) is 80.1 cm³/mol. The Kier molecular flexibility index (Phi) is 5.34. The van der Waals surface area contributed by atoms with Crippen LogP contribution in [0.25, 0.3) is 0 Å². The minimum Gasteiger partial charge on any atom is -0.506 e. The van der Waals surface area contributed by atoms with Crippen molar-refractivity contribution in [1.82, 2.24) is 9.80 Å². The van der Waals surface area contributed by atoms with Gasteiger partial charge in [0.1, 0.15) is 5.75 Å². The summed E-state index contributed by atoms with van der Waals surface area (Å²) >= 11 is 11.9. The Balaban J connectivity index is 1.96. The zero-order valence-electron chi connectivity index (χ0n) is 11.2. The molecule has 0 unspecified atom stereocenters. The molecule has 3 nitrogen and oxygen atoms in total. The predicted octanol–water partition coefficient (Wildman–Crippen LogP) is 3.23. The largest absolute Gasteiger partial charge is 0.506 e. The van der Waals surface area contributed by atoms with Gasteiger partial charge in [0.2, 0.25) is 0 Å². The van der Waals surface area contributed by atoms with Gasteiger partial charge in [0.25, 0.3) is 0 Å². The van der Waals surface area contributed by atoms with E-state index in [-0.39, 0.29) is 5.75 Å². The van der Waals surface area contributed by atoms with E-state index in [1.165, 1.54) is 13.0 Å². The maximum absolute atomic E-state index is 9.96. The van der Waals surface area contributed by atoms with Crippen LogP contribution < -0.4 is 0 Å². The third kappa shape index (κ3) is 3.99. The minimum atomic E-state index is 0.155. The number of halogens is 2. The van der Waals surface area contributed by atoms with Gasteiger partial charge < -0.3 is 10.0 Å². The van der Waals surface area contributed by atoms with Crippen molar-refractivity contribution >= 4 is 23.2 Å². The third-order valence-electron chi connectivity index (χ3n) is 3.51. The highest BCUT2D eigenvalue weighted by atomic mass is 35.5. The molecule has 1 heterocycles. The monoisotopic (exact) mass is 302 g/mol. The molecule has 0 aromatic heterocycles. The molecule has 0 radical (unpaired) electrons. The Labute approximate surface area is 124 Å². The van der Waals surface area contributed by atoms with E-state index >= 15 is 0 Å². The van der Waals surface area contributed by atoms with Gasteiger partial charge in [0.15, 0.2) is 0 Å². The number of aromatic hydroxyl groups is 1. The topological polar surface area (TPSA) is 26.7 Å². The first-order valence-corrected chi connectivity index (χ1v) is 7.47. The Morgan fingerprint density at radius 1 is 1.11 bits per heavy atom. The summed E-state index contributed by atoms with van der Waals surface area (Å²) in [5.74, 6) is 0.155. The van der Waals surface area contributed by atoms with E-state index in [1.807, 2.05) is 0 Å². The van der Waals surface area contributed by atoms with Crippen LogP contribution in [0, 0.1) is 0 Å². The molecule has 5 heteroatoms. The normalized spacial score (nSPS) is 17.8. The first-order valence-electron chi connectivity index (χ1n) is 6.71. The second-order valence-corrected chi connectivity index (χ2v) is 5.86. The molecular weight excluding hydrogens is 283 g/mol. The number of phenols is 1. The van der Waals surface area contributed by atoms with Crippen LogP contribution in [-0.2, 0) is 6.54 Å². The van der Waals surface area contributed by atoms with E-state index in [0.29, 0.717) is 16.6 Å². The van der Waals surface area contributed by atoms with Crippen LogP contribution in [0.5, 0.6) is 5.75 Å². The van der Waals surface area contributed by atoms with Crippen molar-refractivity contribution in [1.29, 1.82) is 0 Å². The van der Waals surface area contributed by atoms with Crippen LogP contribution >= 0.6 is 23.2 Å². The Hall–Kier alpha value is -0.480. The minimum absolute atomic E-state index is 0.155. The number of phenolic OH excluding ortho intramolecular Hbond substituents is 1. The number of hydrogen-bond acceptors (Lipinski definition) is 3. The number of hydrogen-bond donors (Lipinski definition) is 1. The third-order valence-corrected chi connectivity index (χ3v) is 4.01. The van der Waals surface area contributed by atoms with Crippen LogP contribution in [0.3, 0.4) is 0 Å². The summed E-state index contributed by atoms with van der Waals surface area (Å²) in [7, 11) is 0. The standard InChI is InChI=1S/C14H20Cl2N2O/c1-2-3-17-4-6-18(7-5-17)10-11-8-12(15)9-13(16)14(11)19/h8-9,19H,2-7,10H2,1H3. The molecule has 0 atom stereocenters. The molecule has 1 fully saturated rings. The fourth-order valence-electron chi connectivity index (χ4n) is 2.47. The van der Waals surface area contributed by atoms with Gasteiger partial charge in [-0.2, -0.15) is 0 Å². The van der Waals surface area contributed by atoms with E-state index in [2.05, 4.69) is 16.7 Å². The average Bonchev–Trinajstić information content (AvgIpc) is 2.38. The number of piperazine rings is 1. The van der Waals surface area contributed by atoms with Gasteiger partial charge in [-0.1, -0.05) is 30.1 Å². The molecule has 0 aliphatic carbocycles. The number of nitrogens with zero attached hydrogens (tertiary/aromatic N) is 2. The average molecular weight is 303 g/mol. The summed E-state index contributed by atoms with van der Waals surface area (Å²) in [5, 5.41) is 10.9. The summed E-state index contributed by atoms with van der Waals surface area (Å²) in [5.41, 5.74) is 0.807. The number of benzene rings is 1. The SMILES string of the molecule is CCCN1CCN(Cc2cc(Cl)cc(Cl)c2O)CC1. The van der Waals surface area contributed by atoms with E-state index in [0.717, 1.165) is 31.7 Å². The quantitative estimate of drug-likeness (QED) is 0.925. The lowest BCUT2D eigenvalue weighted by Crippen LogP contribution is -2.45. The first-order chi connectivity index (χ1) is 9.10. The van der Waals surface area contributed by atoms with Crippen molar-refractivity contribution in [2.75, 3.05) is 32.7 Å². The van der Waals surface area contributed by atoms with Crippen molar-refractivity contribution in [3.8, 4) is 5.75 Å². The molecule has 0 spiro atoms. The lowest BCUT2D eigenvalue weighted by Gasteiger charge is -2.34. The van der Waals surface area contributed by atoms with Crippen molar-refractivity contribution < 1.29 is 5.11 Å². The van der Waals surface area contributed by atoms with Gasteiger partial charge in [-0.15, -0.1) is 0 Å². The van der Waals surface area contributed by atoms with Crippen LogP contribution in [-0.4, -0.2) is 47.6 Å². The van der Waals surface area contributed by atoms with Gasteiger partial charge in [-0.3, -0.25) is 4.90 Å². The van der Waals surface area contributed by atoms with Crippen LogP contribution in [0.2, 0.25) is 10.0 Å². The molecule has 1 aromatic rings. The van der Waals surface area contributed by atoms with E-state index < -0.39 is 0 Å². The second-order valence-electron chi connectivity index (χ2n) is 5.01. The van der Waals surface area contributed by atoms with E-state index in [1.54, 1.807) is 12.1 Å².